The molecule has 0 aromatic carbocycles. The summed E-state index contributed by atoms with van der Waals surface area (Å²) in [6.45, 7) is 4.01. The highest BCUT2D eigenvalue weighted by molar-refractivity contribution is 6.00. The van der Waals surface area contributed by atoms with Gasteiger partial charge in [-0.2, -0.15) is 5.10 Å². The van der Waals surface area contributed by atoms with Crippen molar-refractivity contribution in [1.82, 2.24) is 20.2 Å². The Morgan fingerprint density at radius 2 is 2.15 bits per heavy atom. The van der Waals surface area contributed by atoms with E-state index in [2.05, 4.69) is 22.7 Å². The van der Waals surface area contributed by atoms with Gasteiger partial charge in [0.2, 0.25) is 0 Å². The van der Waals surface area contributed by atoms with E-state index >= 15 is 0 Å². The molecule has 2 aromatic rings. The van der Waals surface area contributed by atoms with Crippen LogP contribution in [0.2, 0.25) is 0 Å². The number of halogens is 1. The lowest BCUT2D eigenvalue weighted by atomic mass is 9.90. The van der Waals surface area contributed by atoms with Crippen LogP contribution in [-0.4, -0.2) is 34.1 Å². The van der Waals surface area contributed by atoms with Gasteiger partial charge in [-0.1, -0.05) is 6.07 Å². The van der Waals surface area contributed by atoms with Gasteiger partial charge < -0.3 is 10.6 Å². The highest BCUT2D eigenvalue weighted by Gasteiger charge is 2.29. The SMILES string of the molecule is CC1(NC(=O)c2cnn3ccccc23)CCNCC1.Cl. The van der Waals surface area contributed by atoms with Gasteiger partial charge in [-0.05, 0) is 45.0 Å². The Labute approximate surface area is 124 Å². The molecule has 2 N–H and O–H groups in total. The van der Waals surface area contributed by atoms with Crippen LogP contribution in [0.3, 0.4) is 0 Å². The molecule has 5 nitrogen and oxygen atoms in total. The predicted molar refractivity (Wildman–Crippen MR) is 80.4 cm³/mol. The zero-order chi connectivity index (χ0) is 13.3. The van der Waals surface area contributed by atoms with Gasteiger partial charge in [0.1, 0.15) is 0 Å². The Morgan fingerprint density at radius 1 is 1.40 bits per heavy atom. The van der Waals surface area contributed by atoms with Crippen LogP contribution < -0.4 is 10.6 Å². The minimum Gasteiger partial charge on any atom is -0.347 e. The second-order valence-electron chi connectivity index (χ2n) is 5.35. The average Bonchev–Trinajstić information content (AvgIpc) is 2.83. The van der Waals surface area contributed by atoms with Crippen molar-refractivity contribution in [3.8, 4) is 0 Å². The molecule has 1 fully saturated rings. The van der Waals surface area contributed by atoms with E-state index in [9.17, 15) is 4.79 Å². The minimum absolute atomic E-state index is 0. The van der Waals surface area contributed by atoms with Crippen molar-refractivity contribution in [2.75, 3.05) is 13.1 Å². The summed E-state index contributed by atoms with van der Waals surface area (Å²) < 4.78 is 1.72. The number of nitrogens with one attached hydrogen (secondary N) is 2. The molecule has 2 aromatic heterocycles. The number of nitrogens with zero attached hydrogens (tertiary/aromatic N) is 2. The summed E-state index contributed by atoms with van der Waals surface area (Å²) in [6.07, 6.45) is 5.39. The molecule has 6 heteroatoms. The van der Waals surface area contributed by atoms with Gasteiger partial charge in [0.25, 0.3) is 5.91 Å². The third-order valence-corrected chi connectivity index (χ3v) is 3.79. The Kier molecular flexibility index (Phi) is 4.30. The molecular formula is C14H19ClN4O. The summed E-state index contributed by atoms with van der Waals surface area (Å²) in [4.78, 5) is 12.4. The van der Waals surface area contributed by atoms with Gasteiger partial charge in [-0.3, -0.25) is 4.79 Å². The third kappa shape index (κ3) is 2.78. The fourth-order valence-corrected chi connectivity index (χ4v) is 2.55. The lowest BCUT2D eigenvalue weighted by Crippen LogP contribution is -2.52. The number of carbonyl (C=O) groups is 1. The van der Waals surface area contributed by atoms with E-state index < -0.39 is 0 Å². The molecule has 3 heterocycles. The van der Waals surface area contributed by atoms with Crippen LogP contribution in [0.1, 0.15) is 30.1 Å². The molecule has 1 aliphatic rings. The molecule has 20 heavy (non-hydrogen) atoms. The van der Waals surface area contributed by atoms with Crippen LogP contribution in [0.4, 0.5) is 0 Å². The van der Waals surface area contributed by atoms with E-state index in [1.54, 1.807) is 10.7 Å². The first-order valence-corrected chi connectivity index (χ1v) is 6.64. The zero-order valence-electron chi connectivity index (χ0n) is 11.4. The van der Waals surface area contributed by atoms with Crippen molar-refractivity contribution in [2.45, 2.75) is 25.3 Å². The third-order valence-electron chi connectivity index (χ3n) is 3.79. The maximum Gasteiger partial charge on any atom is 0.255 e. The molecule has 0 radical (unpaired) electrons. The van der Waals surface area contributed by atoms with Gasteiger partial charge in [-0.15, -0.1) is 12.4 Å². The van der Waals surface area contributed by atoms with E-state index in [0.717, 1.165) is 31.4 Å². The first kappa shape index (κ1) is 14.8. The Morgan fingerprint density at radius 3 is 2.90 bits per heavy atom. The molecule has 0 spiro atoms. The van der Waals surface area contributed by atoms with Gasteiger partial charge in [0.05, 0.1) is 17.3 Å². The molecule has 0 unspecified atom stereocenters. The normalized spacial score (nSPS) is 17.4. The molecule has 1 amide bonds. The zero-order valence-corrected chi connectivity index (χ0v) is 12.2. The molecular weight excluding hydrogens is 276 g/mol. The first-order valence-electron chi connectivity index (χ1n) is 6.64. The number of hydrogen-bond acceptors (Lipinski definition) is 3. The largest absolute Gasteiger partial charge is 0.347 e. The number of aromatic nitrogens is 2. The lowest BCUT2D eigenvalue weighted by Gasteiger charge is -2.34. The second-order valence-corrected chi connectivity index (χ2v) is 5.35. The monoisotopic (exact) mass is 294 g/mol. The fourth-order valence-electron chi connectivity index (χ4n) is 2.55. The van der Waals surface area contributed by atoms with Crippen molar-refractivity contribution in [3.05, 3.63) is 36.2 Å². The molecule has 0 saturated carbocycles. The number of amides is 1. The number of fused-ring (bicyclic) bond motifs is 1. The van der Waals surface area contributed by atoms with Crippen molar-refractivity contribution in [1.29, 1.82) is 0 Å². The fraction of sp³-hybridized carbons (Fsp3) is 0.429. The second kappa shape index (κ2) is 5.81. The molecule has 0 bridgehead atoms. The van der Waals surface area contributed by atoms with E-state index in [1.165, 1.54) is 0 Å². The molecule has 0 aliphatic carbocycles. The summed E-state index contributed by atoms with van der Waals surface area (Å²) in [5.74, 6) is -0.0365. The Balaban J connectivity index is 0.00000147. The van der Waals surface area contributed by atoms with E-state index in [0.29, 0.717) is 5.56 Å². The summed E-state index contributed by atoms with van der Waals surface area (Å²) in [7, 11) is 0. The number of piperidine rings is 1. The number of carbonyl (C=O) groups excluding carboxylic acids is 1. The van der Waals surface area contributed by atoms with Crippen molar-refractivity contribution >= 4 is 23.8 Å². The highest BCUT2D eigenvalue weighted by Crippen LogP contribution is 2.19. The average molecular weight is 295 g/mol. The Bertz CT molecular complexity index is 604. The molecule has 3 rings (SSSR count). The van der Waals surface area contributed by atoms with Crippen LogP contribution in [0.15, 0.2) is 30.6 Å². The molecule has 108 valence electrons. The predicted octanol–water partition coefficient (Wildman–Crippen LogP) is 1.63. The van der Waals surface area contributed by atoms with Gasteiger partial charge in [0, 0.05) is 11.7 Å². The standard InChI is InChI=1S/C14H18N4O.ClH/c1-14(5-7-15-8-6-14)17-13(19)11-10-16-18-9-3-2-4-12(11)18;/h2-4,9-10,15H,5-8H2,1H3,(H,17,19);1H. The van der Waals surface area contributed by atoms with E-state index in [4.69, 9.17) is 0 Å². The lowest BCUT2D eigenvalue weighted by molar-refractivity contribution is 0.0889. The smallest absolute Gasteiger partial charge is 0.255 e. The van der Waals surface area contributed by atoms with Crippen LogP contribution in [0, 0.1) is 0 Å². The van der Waals surface area contributed by atoms with Crippen LogP contribution in [0.5, 0.6) is 0 Å². The number of rotatable bonds is 2. The van der Waals surface area contributed by atoms with Crippen LogP contribution in [0.25, 0.3) is 5.52 Å². The summed E-state index contributed by atoms with van der Waals surface area (Å²) in [6, 6.07) is 5.72. The maximum absolute atomic E-state index is 12.4. The van der Waals surface area contributed by atoms with Gasteiger partial charge in [0.15, 0.2) is 0 Å². The van der Waals surface area contributed by atoms with Gasteiger partial charge >= 0.3 is 0 Å². The van der Waals surface area contributed by atoms with E-state index in [-0.39, 0.29) is 23.9 Å². The molecule has 1 saturated heterocycles. The van der Waals surface area contributed by atoms with Crippen molar-refractivity contribution in [3.63, 3.8) is 0 Å². The van der Waals surface area contributed by atoms with Crippen molar-refractivity contribution in [2.24, 2.45) is 0 Å². The maximum atomic E-state index is 12.4. The minimum atomic E-state index is -0.120. The highest BCUT2D eigenvalue weighted by atomic mass is 35.5. The first-order chi connectivity index (χ1) is 9.18. The van der Waals surface area contributed by atoms with Gasteiger partial charge in [-0.25, -0.2) is 4.52 Å². The Hall–Kier alpha value is -1.59. The summed E-state index contributed by atoms with van der Waals surface area (Å²) in [5, 5.41) is 10.7. The summed E-state index contributed by atoms with van der Waals surface area (Å²) in [5.41, 5.74) is 1.36. The van der Waals surface area contributed by atoms with E-state index in [1.807, 2.05) is 24.4 Å². The summed E-state index contributed by atoms with van der Waals surface area (Å²) >= 11 is 0. The van der Waals surface area contributed by atoms with Crippen LogP contribution >= 0.6 is 12.4 Å². The quantitative estimate of drug-likeness (QED) is 0.885. The van der Waals surface area contributed by atoms with Crippen molar-refractivity contribution < 1.29 is 4.79 Å². The number of pyridine rings is 1. The topological polar surface area (TPSA) is 58.4 Å². The number of hydrogen-bond donors (Lipinski definition) is 2. The molecule has 0 atom stereocenters. The molecule has 1 aliphatic heterocycles. The van der Waals surface area contributed by atoms with Crippen LogP contribution in [-0.2, 0) is 0 Å².